The van der Waals surface area contributed by atoms with Crippen LogP contribution in [0.4, 0.5) is 4.79 Å². The highest BCUT2D eigenvalue weighted by molar-refractivity contribution is 5.63. The number of carbonyl (C=O) groups is 1. The molecule has 26 heavy (non-hydrogen) atoms. The van der Waals surface area contributed by atoms with Crippen molar-refractivity contribution in [3.63, 3.8) is 0 Å². The van der Waals surface area contributed by atoms with Crippen molar-refractivity contribution in [2.24, 2.45) is 17.3 Å². The van der Waals surface area contributed by atoms with Crippen LogP contribution in [-0.2, 0) is 20.6 Å². The molecule has 6 atom stereocenters. The van der Waals surface area contributed by atoms with Crippen LogP contribution in [0.15, 0.2) is 18.2 Å². The van der Waals surface area contributed by atoms with Crippen LogP contribution in [0, 0.1) is 17.3 Å². The molecule has 0 spiro atoms. The molecular weight excluding hydrogens is 332 g/mol. The summed E-state index contributed by atoms with van der Waals surface area (Å²) in [5.74, 6) is 2.71. The van der Waals surface area contributed by atoms with E-state index in [9.17, 15) is 4.79 Å². The molecule has 1 saturated heterocycles. The van der Waals surface area contributed by atoms with Crippen LogP contribution in [-0.4, -0.2) is 32.3 Å². The minimum absolute atomic E-state index is 0.0394. The molecule has 1 aromatic carbocycles. The summed E-state index contributed by atoms with van der Waals surface area (Å²) in [6.45, 7) is 2.60. The minimum Gasteiger partial charge on any atom is -0.468 e. The standard InChI is InChI=1S/C21H26O5/c1-21-8-7-15-14-6-4-13(24-11-23-2)9-12(14)3-5-16(15)17(21)10-18-19(21)26-20(22)25-18/h4,6,9,15-19H,3,5,7-8,10-11H2,1-2H3/t15-,16-,17+,18+,19+,21+/m1/s1. The van der Waals surface area contributed by atoms with E-state index < -0.39 is 6.16 Å². The largest absolute Gasteiger partial charge is 0.509 e. The van der Waals surface area contributed by atoms with E-state index in [2.05, 4.69) is 25.1 Å². The molecule has 5 rings (SSSR count). The van der Waals surface area contributed by atoms with Gasteiger partial charge in [0.05, 0.1) is 0 Å². The topological polar surface area (TPSA) is 54.0 Å². The molecule has 4 aliphatic rings. The Balaban J connectivity index is 1.41. The average molecular weight is 358 g/mol. The Bertz CT molecular complexity index is 731. The lowest BCUT2D eigenvalue weighted by atomic mass is 9.55. The van der Waals surface area contributed by atoms with Gasteiger partial charge < -0.3 is 18.9 Å². The van der Waals surface area contributed by atoms with Crippen LogP contribution >= 0.6 is 0 Å². The van der Waals surface area contributed by atoms with Crippen LogP contribution in [0.25, 0.3) is 0 Å². The van der Waals surface area contributed by atoms with E-state index in [1.807, 2.05) is 0 Å². The van der Waals surface area contributed by atoms with Crippen LogP contribution in [0.3, 0.4) is 0 Å². The molecule has 0 unspecified atom stereocenters. The van der Waals surface area contributed by atoms with Gasteiger partial charge in [-0.25, -0.2) is 4.79 Å². The molecule has 0 radical (unpaired) electrons. The molecule has 0 N–H and O–H groups in total. The minimum atomic E-state index is -0.473. The number of methoxy groups -OCH3 is 1. The molecule has 3 fully saturated rings. The van der Waals surface area contributed by atoms with Gasteiger partial charge in [-0.15, -0.1) is 0 Å². The van der Waals surface area contributed by atoms with Crippen LogP contribution < -0.4 is 4.74 Å². The first-order valence-electron chi connectivity index (χ1n) is 9.72. The highest BCUT2D eigenvalue weighted by atomic mass is 16.8. The molecule has 5 heteroatoms. The van der Waals surface area contributed by atoms with Gasteiger partial charge in [0.2, 0.25) is 0 Å². The van der Waals surface area contributed by atoms with Crippen molar-refractivity contribution in [2.75, 3.05) is 13.9 Å². The van der Waals surface area contributed by atoms with Crippen molar-refractivity contribution in [2.45, 2.75) is 57.2 Å². The van der Waals surface area contributed by atoms with Crippen molar-refractivity contribution in [1.82, 2.24) is 0 Å². The highest BCUT2D eigenvalue weighted by Gasteiger charge is 2.63. The Labute approximate surface area is 153 Å². The predicted molar refractivity (Wildman–Crippen MR) is 94.1 cm³/mol. The molecule has 1 heterocycles. The van der Waals surface area contributed by atoms with Crippen molar-refractivity contribution < 1.29 is 23.7 Å². The SMILES string of the molecule is COCOc1ccc2c(c1)CC[C@@H]1[C@@H]2CC[C@@]2(C)[C@H]1C[C@@H]1OC(=O)O[C@@H]12. The molecule has 0 amide bonds. The fourth-order valence-electron chi connectivity index (χ4n) is 6.29. The van der Waals surface area contributed by atoms with Gasteiger partial charge in [-0.05, 0) is 73.1 Å². The maximum atomic E-state index is 11.6. The molecule has 3 aliphatic carbocycles. The fraction of sp³-hybridized carbons (Fsp3) is 0.667. The summed E-state index contributed by atoms with van der Waals surface area (Å²) < 4.78 is 21.6. The average Bonchev–Trinajstić information content (AvgIpc) is 3.14. The Morgan fingerprint density at radius 2 is 2.15 bits per heavy atom. The van der Waals surface area contributed by atoms with Gasteiger partial charge in [0.25, 0.3) is 0 Å². The summed E-state index contributed by atoms with van der Waals surface area (Å²) in [4.78, 5) is 11.6. The lowest BCUT2D eigenvalue weighted by Crippen LogP contribution is -2.44. The number of hydrogen-bond donors (Lipinski definition) is 0. The molecule has 5 nitrogen and oxygen atoms in total. The monoisotopic (exact) mass is 358 g/mol. The second-order valence-corrected chi connectivity index (χ2v) is 8.55. The van der Waals surface area contributed by atoms with E-state index in [-0.39, 0.29) is 24.4 Å². The van der Waals surface area contributed by atoms with Crippen LogP contribution in [0.1, 0.15) is 49.7 Å². The third-order valence-electron chi connectivity index (χ3n) is 7.42. The Morgan fingerprint density at radius 1 is 1.27 bits per heavy atom. The maximum absolute atomic E-state index is 11.6. The van der Waals surface area contributed by atoms with Gasteiger partial charge >= 0.3 is 6.16 Å². The number of fused-ring (bicyclic) bond motifs is 7. The molecule has 1 aromatic rings. The van der Waals surface area contributed by atoms with E-state index in [1.54, 1.807) is 7.11 Å². The number of ether oxygens (including phenoxy) is 4. The summed E-state index contributed by atoms with van der Waals surface area (Å²) in [5, 5.41) is 0. The quantitative estimate of drug-likeness (QED) is 0.603. The first-order chi connectivity index (χ1) is 12.6. The summed E-state index contributed by atoms with van der Waals surface area (Å²) in [5.41, 5.74) is 2.98. The van der Waals surface area contributed by atoms with Crippen molar-refractivity contribution >= 4 is 6.16 Å². The van der Waals surface area contributed by atoms with Gasteiger partial charge in [0.15, 0.2) is 6.79 Å². The second-order valence-electron chi connectivity index (χ2n) is 8.55. The smallest absolute Gasteiger partial charge is 0.468 e. The van der Waals surface area contributed by atoms with Gasteiger partial charge in [-0.2, -0.15) is 0 Å². The van der Waals surface area contributed by atoms with Crippen LogP contribution in [0.5, 0.6) is 5.75 Å². The Hall–Kier alpha value is -1.75. The van der Waals surface area contributed by atoms with Gasteiger partial charge in [-0.3, -0.25) is 0 Å². The molecule has 0 aromatic heterocycles. The van der Waals surface area contributed by atoms with Crippen LogP contribution in [0.2, 0.25) is 0 Å². The zero-order chi connectivity index (χ0) is 17.9. The summed E-state index contributed by atoms with van der Waals surface area (Å²) in [6.07, 6.45) is 4.93. The molecule has 0 bridgehead atoms. The number of rotatable bonds is 3. The summed E-state index contributed by atoms with van der Waals surface area (Å²) >= 11 is 0. The lowest BCUT2D eigenvalue weighted by Gasteiger charge is -2.49. The molecule has 2 saturated carbocycles. The van der Waals surface area contributed by atoms with Crippen molar-refractivity contribution in [3.8, 4) is 5.75 Å². The van der Waals surface area contributed by atoms with Gasteiger partial charge in [-0.1, -0.05) is 13.0 Å². The lowest BCUT2D eigenvalue weighted by molar-refractivity contribution is -0.0213. The van der Waals surface area contributed by atoms with Crippen molar-refractivity contribution in [1.29, 1.82) is 0 Å². The fourth-order valence-corrected chi connectivity index (χ4v) is 6.29. The normalized spacial score (nSPS) is 39.9. The second kappa shape index (κ2) is 5.88. The maximum Gasteiger partial charge on any atom is 0.509 e. The third kappa shape index (κ3) is 2.29. The third-order valence-corrected chi connectivity index (χ3v) is 7.42. The zero-order valence-electron chi connectivity index (χ0n) is 15.4. The van der Waals surface area contributed by atoms with E-state index >= 15 is 0 Å². The van der Waals surface area contributed by atoms with E-state index in [4.69, 9.17) is 18.9 Å². The first kappa shape index (κ1) is 16.4. The number of hydrogen-bond acceptors (Lipinski definition) is 5. The zero-order valence-corrected chi connectivity index (χ0v) is 15.4. The molecule has 140 valence electrons. The van der Waals surface area contributed by atoms with Gasteiger partial charge in [0, 0.05) is 12.5 Å². The van der Waals surface area contributed by atoms with E-state index in [0.717, 1.165) is 31.4 Å². The van der Waals surface area contributed by atoms with E-state index in [1.165, 1.54) is 17.5 Å². The molecule has 1 aliphatic heterocycles. The number of aryl methyl sites for hydroxylation is 1. The Kier molecular flexibility index (Phi) is 3.71. The van der Waals surface area contributed by atoms with Gasteiger partial charge in [0.1, 0.15) is 18.0 Å². The number of carbonyl (C=O) groups excluding carboxylic acids is 1. The summed E-state index contributed by atoms with van der Waals surface area (Å²) in [7, 11) is 1.64. The highest BCUT2D eigenvalue weighted by Crippen LogP contribution is 2.63. The Morgan fingerprint density at radius 3 is 3.00 bits per heavy atom. The van der Waals surface area contributed by atoms with Crippen molar-refractivity contribution in [3.05, 3.63) is 29.3 Å². The number of benzene rings is 1. The first-order valence-corrected chi connectivity index (χ1v) is 9.72. The molecular formula is C21H26O5. The van der Waals surface area contributed by atoms with E-state index in [0.29, 0.717) is 17.8 Å². The predicted octanol–water partition coefficient (Wildman–Crippen LogP) is 4.04. The summed E-state index contributed by atoms with van der Waals surface area (Å²) in [6, 6.07) is 6.51.